The Morgan fingerprint density at radius 1 is 0.867 bits per heavy atom. The van der Waals surface area contributed by atoms with E-state index in [2.05, 4.69) is 4.98 Å². The molecule has 0 radical (unpaired) electrons. The van der Waals surface area contributed by atoms with Crippen LogP contribution in [0.4, 0.5) is 0 Å². The molecule has 0 aliphatic carbocycles. The first-order valence-electron chi connectivity index (χ1n) is 9.24. The standard InChI is InChI=1S/C23H14N2O5/c26-19(30-25-22(27)16-10-4-5-11-17(16)23(25)28)13-15-9-6-12-18-20(15)24-21(29-18)14-7-2-1-3-8-14/h1-12H,13H2. The molecule has 2 heterocycles. The quantitative estimate of drug-likeness (QED) is 0.486. The molecule has 0 atom stereocenters. The van der Waals surface area contributed by atoms with E-state index in [0.717, 1.165) is 5.56 Å². The van der Waals surface area contributed by atoms with Crippen LogP contribution in [0.3, 0.4) is 0 Å². The third-order valence-electron chi connectivity index (χ3n) is 4.81. The SMILES string of the molecule is O=C(Cc1cccc2oc(-c3ccccc3)nc12)ON1C(=O)c2ccccc2C1=O. The Labute approximate surface area is 170 Å². The van der Waals surface area contributed by atoms with Gasteiger partial charge in [-0.3, -0.25) is 9.59 Å². The molecule has 0 saturated heterocycles. The average Bonchev–Trinajstić information content (AvgIpc) is 3.31. The van der Waals surface area contributed by atoms with Crippen LogP contribution in [0.2, 0.25) is 0 Å². The van der Waals surface area contributed by atoms with Gasteiger partial charge in [-0.2, -0.15) is 0 Å². The summed E-state index contributed by atoms with van der Waals surface area (Å²) < 4.78 is 5.80. The van der Waals surface area contributed by atoms with Gasteiger partial charge in [-0.25, -0.2) is 9.78 Å². The van der Waals surface area contributed by atoms with Crippen molar-refractivity contribution in [2.75, 3.05) is 0 Å². The predicted molar refractivity (Wildman–Crippen MR) is 106 cm³/mol. The molecule has 0 bridgehead atoms. The number of benzene rings is 3. The summed E-state index contributed by atoms with van der Waals surface area (Å²) >= 11 is 0. The highest BCUT2D eigenvalue weighted by Gasteiger charge is 2.38. The molecule has 30 heavy (non-hydrogen) atoms. The molecule has 0 fully saturated rings. The second-order valence-electron chi connectivity index (χ2n) is 6.74. The van der Waals surface area contributed by atoms with Crippen LogP contribution in [0, 0.1) is 0 Å². The second-order valence-corrected chi connectivity index (χ2v) is 6.74. The first-order valence-corrected chi connectivity index (χ1v) is 9.24. The lowest BCUT2D eigenvalue weighted by Crippen LogP contribution is -2.33. The summed E-state index contributed by atoms with van der Waals surface area (Å²) in [5, 5.41) is 0.505. The molecule has 0 unspecified atom stereocenters. The van der Waals surface area contributed by atoms with Crippen LogP contribution in [0.1, 0.15) is 26.3 Å². The number of carbonyl (C=O) groups excluding carboxylic acids is 3. The van der Waals surface area contributed by atoms with Crippen LogP contribution >= 0.6 is 0 Å². The Hall–Kier alpha value is -4.26. The van der Waals surface area contributed by atoms with Gasteiger partial charge in [0.15, 0.2) is 5.58 Å². The van der Waals surface area contributed by atoms with Gasteiger partial charge in [0.2, 0.25) is 5.89 Å². The van der Waals surface area contributed by atoms with Crippen molar-refractivity contribution < 1.29 is 23.6 Å². The van der Waals surface area contributed by atoms with Crippen molar-refractivity contribution in [2.24, 2.45) is 0 Å². The molecule has 7 heteroatoms. The number of para-hydroxylation sites is 1. The maximum Gasteiger partial charge on any atom is 0.337 e. The Bertz CT molecular complexity index is 1270. The normalized spacial score (nSPS) is 13.0. The maximum atomic E-state index is 12.5. The summed E-state index contributed by atoms with van der Waals surface area (Å²) in [6.45, 7) is 0. The number of hydroxylamine groups is 2. The number of amides is 2. The Morgan fingerprint density at radius 3 is 2.23 bits per heavy atom. The maximum absolute atomic E-state index is 12.5. The summed E-state index contributed by atoms with van der Waals surface area (Å²) in [6.07, 6.45) is -0.175. The highest BCUT2D eigenvalue weighted by atomic mass is 16.7. The van der Waals surface area contributed by atoms with Gasteiger partial charge in [-0.05, 0) is 35.9 Å². The van der Waals surface area contributed by atoms with Gasteiger partial charge in [0.1, 0.15) is 5.52 Å². The predicted octanol–water partition coefficient (Wildman–Crippen LogP) is 3.79. The van der Waals surface area contributed by atoms with E-state index in [0.29, 0.717) is 27.6 Å². The van der Waals surface area contributed by atoms with Crippen molar-refractivity contribution in [1.29, 1.82) is 0 Å². The van der Waals surface area contributed by atoms with Crippen LogP contribution in [0.15, 0.2) is 77.2 Å². The van der Waals surface area contributed by atoms with E-state index in [-0.39, 0.29) is 17.5 Å². The topological polar surface area (TPSA) is 89.7 Å². The molecular formula is C23H14N2O5. The summed E-state index contributed by atoms with van der Waals surface area (Å²) in [4.78, 5) is 46.8. The zero-order chi connectivity index (χ0) is 20.7. The van der Waals surface area contributed by atoms with Crippen molar-refractivity contribution in [3.63, 3.8) is 0 Å². The number of nitrogens with zero attached hydrogens (tertiary/aromatic N) is 2. The highest BCUT2D eigenvalue weighted by Crippen LogP contribution is 2.27. The molecule has 1 aromatic heterocycles. The summed E-state index contributed by atoms with van der Waals surface area (Å²) in [5.74, 6) is -1.63. The lowest BCUT2D eigenvalue weighted by Gasteiger charge is -2.12. The summed E-state index contributed by atoms with van der Waals surface area (Å²) in [6, 6.07) is 21.0. The fourth-order valence-electron chi connectivity index (χ4n) is 3.39. The van der Waals surface area contributed by atoms with Gasteiger partial charge in [-0.15, -0.1) is 0 Å². The highest BCUT2D eigenvalue weighted by molar-refractivity contribution is 6.20. The molecule has 1 aliphatic heterocycles. The minimum Gasteiger partial charge on any atom is -0.436 e. The molecule has 7 nitrogen and oxygen atoms in total. The van der Waals surface area contributed by atoms with Crippen molar-refractivity contribution in [3.05, 3.63) is 89.5 Å². The van der Waals surface area contributed by atoms with E-state index in [1.54, 1.807) is 30.3 Å². The number of carbonyl (C=O) groups is 3. The van der Waals surface area contributed by atoms with Crippen molar-refractivity contribution in [3.8, 4) is 11.5 Å². The van der Waals surface area contributed by atoms with Gasteiger partial charge in [0.05, 0.1) is 17.5 Å². The molecule has 1 aliphatic rings. The molecule has 5 rings (SSSR count). The Kier molecular flexibility index (Phi) is 4.14. The van der Waals surface area contributed by atoms with Gasteiger partial charge < -0.3 is 9.25 Å². The lowest BCUT2D eigenvalue weighted by atomic mass is 10.1. The second kappa shape index (κ2) is 6.97. The van der Waals surface area contributed by atoms with Crippen LogP contribution < -0.4 is 0 Å². The smallest absolute Gasteiger partial charge is 0.337 e. The molecule has 4 aromatic rings. The first kappa shape index (κ1) is 17.8. The lowest BCUT2D eigenvalue weighted by molar-refractivity contribution is -0.167. The Morgan fingerprint density at radius 2 is 1.53 bits per heavy atom. The van der Waals surface area contributed by atoms with Crippen LogP contribution in [0.5, 0.6) is 0 Å². The van der Waals surface area contributed by atoms with Gasteiger partial charge in [-0.1, -0.05) is 47.5 Å². The minimum absolute atomic E-state index is 0.175. The summed E-state index contributed by atoms with van der Waals surface area (Å²) in [5.41, 5.74) is 2.85. The van der Waals surface area contributed by atoms with E-state index < -0.39 is 17.8 Å². The third kappa shape index (κ3) is 2.93. The van der Waals surface area contributed by atoms with Gasteiger partial charge in [0, 0.05) is 5.56 Å². The molecule has 0 spiro atoms. The number of oxazole rings is 1. The molecule has 3 aromatic carbocycles. The molecular weight excluding hydrogens is 384 g/mol. The number of fused-ring (bicyclic) bond motifs is 2. The van der Waals surface area contributed by atoms with Crippen molar-refractivity contribution >= 4 is 28.9 Å². The first-order chi connectivity index (χ1) is 14.6. The van der Waals surface area contributed by atoms with E-state index >= 15 is 0 Å². The van der Waals surface area contributed by atoms with Crippen LogP contribution in [-0.4, -0.2) is 27.8 Å². The molecule has 0 N–H and O–H groups in total. The number of aromatic nitrogens is 1. The van der Waals surface area contributed by atoms with Crippen LogP contribution in [0.25, 0.3) is 22.6 Å². The average molecular weight is 398 g/mol. The number of imide groups is 1. The monoisotopic (exact) mass is 398 g/mol. The number of hydrogen-bond donors (Lipinski definition) is 0. The third-order valence-corrected chi connectivity index (χ3v) is 4.81. The van der Waals surface area contributed by atoms with E-state index in [9.17, 15) is 14.4 Å². The van der Waals surface area contributed by atoms with E-state index in [4.69, 9.17) is 9.25 Å². The zero-order valence-corrected chi connectivity index (χ0v) is 15.6. The van der Waals surface area contributed by atoms with Crippen LogP contribution in [-0.2, 0) is 16.1 Å². The number of rotatable bonds is 4. The Balaban J connectivity index is 1.39. The minimum atomic E-state index is -0.749. The van der Waals surface area contributed by atoms with E-state index in [1.807, 2.05) is 30.3 Å². The van der Waals surface area contributed by atoms with Crippen molar-refractivity contribution in [1.82, 2.24) is 10.0 Å². The molecule has 146 valence electrons. The largest absolute Gasteiger partial charge is 0.436 e. The fourth-order valence-corrected chi connectivity index (χ4v) is 3.39. The summed E-state index contributed by atoms with van der Waals surface area (Å²) in [7, 11) is 0. The molecule has 2 amide bonds. The van der Waals surface area contributed by atoms with Crippen molar-refractivity contribution in [2.45, 2.75) is 6.42 Å². The van der Waals surface area contributed by atoms with Gasteiger partial charge >= 0.3 is 5.97 Å². The zero-order valence-electron chi connectivity index (χ0n) is 15.6. The fraction of sp³-hybridized carbons (Fsp3) is 0.0435. The molecule has 0 saturated carbocycles. The van der Waals surface area contributed by atoms with Gasteiger partial charge in [0.25, 0.3) is 11.8 Å². The van der Waals surface area contributed by atoms with E-state index in [1.165, 1.54) is 12.1 Å². The number of hydrogen-bond acceptors (Lipinski definition) is 6.